The van der Waals surface area contributed by atoms with Crippen LogP contribution < -0.4 is 5.14 Å². The molecule has 1 aliphatic heterocycles. The Bertz CT molecular complexity index is 615. The monoisotopic (exact) mass is 346 g/mol. The predicted octanol–water partition coefficient (Wildman–Crippen LogP) is 1.58. The van der Waals surface area contributed by atoms with E-state index in [0.29, 0.717) is 29.0 Å². The highest BCUT2D eigenvalue weighted by molar-refractivity contribution is 9.10. The fourth-order valence-corrected chi connectivity index (χ4v) is 3.09. The second-order valence-electron chi connectivity index (χ2n) is 4.83. The molecule has 0 aromatic heterocycles. The quantitative estimate of drug-likeness (QED) is 0.882. The van der Waals surface area contributed by atoms with Gasteiger partial charge in [0.15, 0.2) is 0 Å². The highest BCUT2D eigenvalue weighted by atomic mass is 79.9. The molecule has 0 saturated carbocycles. The topological polar surface area (TPSA) is 80.5 Å². The van der Waals surface area contributed by atoms with Gasteiger partial charge < -0.3 is 4.90 Å². The first-order chi connectivity index (χ1) is 8.79. The SMILES string of the molecule is CC1CCN(C(=O)c2cc(S(N)(=O)=O)ccc2Br)C1. The van der Waals surface area contributed by atoms with Gasteiger partial charge in [-0.05, 0) is 46.5 Å². The van der Waals surface area contributed by atoms with E-state index in [4.69, 9.17) is 5.14 Å². The molecular weight excluding hydrogens is 332 g/mol. The van der Waals surface area contributed by atoms with E-state index in [1.54, 1.807) is 4.90 Å². The summed E-state index contributed by atoms with van der Waals surface area (Å²) in [6, 6.07) is 4.24. The highest BCUT2D eigenvalue weighted by Crippen LogP contribution is 2.24. The molecule has 1 heterocycles. The van der Waals surface area contributed by atoms with E-state index in [1.165, 1.54) is 18.2 Å². The maximum absolute atomic E-state index is 12.4. The zero-order valence-electron chi connectivity index (χ0n) is 10.5. The first-order valence-corrected chi connectivity index (χ1v) is 8.24. The number of carbonyl (C=O) groups excluding carboxylic acids is 1. The van der Waals surface area contributed by atoms with Crippen LogP contribution >= 0.6 is 15.9 Å². The summed E-state index contributed by atoms with van der Waals surface area (Å²) < 4.78 is 23.2. The summed E-state index contributed by atoms with van der Waals surface area (Å²) in [5, 5.41) is 5.08. The molecule has 1 unspecified atom stereocenters. The third-order valence-electron chi connectivity index (χ3n) is 3.21. The fraction of sp³-hybridized carbons (Fsp3) is 0.417. The molecule has 1 aromatic carbocycles. The summed E-state index contributed by atoms with van der Waals surface area (Å²) in [7, 11) is -3.80. The van der Waals surface area contributed by atoms with Crippen molar-refractivity contribution in [2.45, 2.75) is 18.2 Å². The van der Waals surface area contributed by atoms with Crippen molar-refractivity contribution in [1.29, 1.82) is 0 Å². The molecule has 2 N–H and O–H groups in total. The number of likely N-dealkylation sites (tertiary alicyclic amines) is 1. The van der Waals surface area contributed by atoms with Crippen molar-refractivity contribution in [2.24, 2.45) is 11.1 Å². The van der Waals surface area contributed by atoms with Crippen molar-refractivity contribution in [3.05, 3.63) is 28.2 Å². The molecule has 19 heavy (non-hydrogen) atoms. The van der Waals surface area contributed by atoms with Crippen molar-refractivity contribution in [3.63, 3.8) is 0 Å². The van der Waals surface area contributed by atoms with Crippen LogP contribution in [0.25, 0.3) is 0 Å². The number of amides is 1. The molecule has 0 bridgehead atoms. The molecule has 2 rings (SSSR count). The second kappa shape index (κ2) is 5.22. The van der Waals surface area contributed by atoms with E-state index < -0.39 is 10.0 Å². The van der Waals surface area contributed by atoms with Crippen molar-refractivity contribution in [1.82, 2.24) is 4.90 Å². The van der Waals surface area contributed by atoms with Gasteiger partial charge in [0.1, 0.15) is 0 Å². The van der Waals surface area contributed by atoms with Gasteiger partial charge in [-0.2, -0.15) is 0 Å². The number of hydrogen-bond acceptors (Lipinski definition) is 3. The molecule has 104 valence electrons. The van der Waals surface area contributed by atoms with E-state index in [0.717, 1.165) is 6.42 Å². The van der Waals surface area contributed by atoms with Gasteiger partial charge in [0.2, 0.25) is 10.0 Å². The van der Waals surface area contributed by atoms with Crippen LogP contribution in [0.1, 0.15) is 23.7 Å². The minimum atomic E-state index is -3.80. The Morgan fingerprint density at radius 3 is 2.68 bits per heavy atom. The van der Waals surface area contributed by atoms with Crippen LogP contribution in [0.5, 0.6) is 0 Å². The van der Waals surface area contributed by atoms with Crippen LogP contribution in [0.3, 0.4) is 0 Å². The van der Waals surface area contributed by atoms with Crippen LogP contribution in [-0.2, 0) is 10.0 Å². The molecule has 1 amide bonds. The Labute approximate surface area is 121 Å². The van der Waals surface area contributed by atoms with Crippen LogP contribution in [-0.4, -0.2) is 32.3 Å². The van der Waals surface area contributed by atoms with Crippen LogP contribution in [0.4, 0.5) is 0 Å². The Morgan fingerprint density at radius 1 is 1.47 bits per heavy atom. The molecule has 1 fully saturated rings. The summed E-state index contributed by atoms with van der Waals surface area (Å²) in [6.07, 6.45) is 0.970. The Morgan fingerprint density at radius 2 is 2.16 bits per heavy atom. The van der Waals surface area contributed by atoms with Gasteiger partial charge in [-0.25, -0.2) is 13.6 Å². The van der Waals surface area contributed by atoms with Crippen LogP contribution in [0, 0.1) is 5.92 Å². The van der Waals surface area contributed by atoms with E-state index in [-0.39, 0.29) is 10.8 Å². The lowest BCUT2D eigenvalue weighted by atomic mass is 10.2. The third-order valence-corrected chi connectivity index (χ3v) is 4.81. The van der Waals surface area contributed by atoms with E-state index in [1.807, 2.05) is 0 Å². The fourth-order valence-electron chi connectivity index (χ4n) is 2.14. The van der Waals surface area contributed by atoms with E-state index >= 15 is 0 Å². The van der Waals surface area contributed by atoms with E-state index in [9.17, 15) is 13.2 Å². The number of benzene rings is 1. The third kappa shape index (κ3) is 3.16. The van der Waals surface area contributed by atoms with Gasteiger partial charge >= 0.3 is 0 Å². The maximum atomic E-state index is 12.4. The molecule has 1 saturated heterocycles. The minimum Gasteiger partial charge on any atom is -0.338 e. The number of carbonyl (C=O) groups is 1. The normalized spacial score (nSPS) is 19.7. The minimum absolute atomic E-state index is 0.0497. The summed E-state index contributed by atoms with van der Waals surface area (Å²) in [6.45, 7) is 3.49. The van der Waals surface area contributed by atoms with Crippen molar-refractivity contribution in [3.8, 4) is 0 Å². The molecule has 1 aliphatic rings. The van der Waals surface area contributed by atoms with Gasteiger partial charge in [-0.15, -0.1) is 0 Å². The second-order valence-corrected chi connectivity index (χ2v) is 7.25. The molecule has 0 aliphatic carbocycles. The lowest BCUT2D eigenvalue weighted by Crippen LogP contribution is -2.29. The summed E-state index contributed by atoms with van der Waals surface area (Å²) in [4.78, 5) is 14.0. The van der Waals surface area contributed by atoms with Gasteiger partial charge in [0.25, 0.3) is 5.91 Å². The standard InChI is InChI=1S/C12H15BrN2O3S/c1-8-4-5-15(7-8)12(16)10-6-9(19(14,17)18)2-3-11(10)13/h2-3,6,8H,4-5,7H2,1H3,(H2,14,17,18). The molecule has 7 heteroatoms. The van der Waals surface area contributed by atoms with Crippen LogP contribution in [0.15, 0.2) is 27.6 Å². The maximum Gasteiger partial charge on any atom is 0.255 e. The average molecular weight is 347 g/mol. The molecule has 1 atom stereocenters. The number of hydrogen-bond donors (Lipinski definition) is 1. The lowest BCUT2D eigenvalue weighted by Gasteiger charge is -2.17. The number of primary sulfonamides is 1. The molecule has 5 nitrogen and oxygen atoms in total. The van der Waals surface area contributed by atoms with Crippen LogP contribution in [0.2, 0.25) is 0 Å². The number of nitrogens with two attached hydrogens (primary N) is 1. The molecule has 0 radical (unpaired) electrons. The first kappa shape index (κ1) is 14.5. The number of nitrogens with zero attached hydrogens (tertiary/aromatic N) is 1. The largest absolute Gasteiger partial charge is 0.338 e. The number of sulfonamides is 1. The van der Waals surface area contributed by atoms with Gasteiger partial charge in [-0.1, -0.05) is 6.92 Å². The molecule has 0 spiro atoms. The Hall–Kier alpha value is -0.920. The Kier molecular flexibility index (Phi) is 3.98. The smallest absolute Gasteiger partial charge is 0.255 e. The lowest BCUT2D eigenvalue weighted by molar-refractivity contribution is 0.0787. The predicted molar refractivity (Wildman–Crippen MR) is 75.2 cm³/mol. The van der Waals surface area contributed by atoms with Gasteiger partial charge in [0.05, 0.1) is 10.5 Å². The average Bonchev–Trinajstić information content (AvgIpc) is 2.74. The van der Waals surface area contributed by atoms with Gasteiger partial charge in [0, 0.05) is 17.6 Å². The summed E-state index contributed by atoms with van der Waals surface area (Å²) >= 11 is 3.28. The Balaban J connectivity index is 2.36. The zero-order chi connectivity index (χ0) is 14.2. The first-order valence-electron chi connectivity index (χ1n) is 5.90. The van der Waals surface area contributed by atoms with Crippen molar-refractivity contribution < 1.29 is 13.2 Å². The summed E-state index contributed by atoms with van der Waals surface area (Å²) in [5.74, 6) is 0.311. The molecule has 1 aromatic rings. The van der Waals surface area contributed by atoms with Crippen molar-refractivity contribution >= 4 is 31.9 Å². The zero-order valence-corrected chi connectivity index (χ0v) is 12.9. The summed E-state index contributed by atoms with van der Waals surface area (Å²) in [5.41, 5.74) is 0.334. The van der Waals surface area contributed by atoms with Gasteiger partial charge in [-0.3, -0.25) is 4.79 Å². The van der Waals surface area contributed by atoms with E-state index in [2.05, 4.69) is 22.9 Å². The highest BCUT2D eigenvalue weighted by Gasteiger charge is 2.26. The molecular formula is C12H15BrN2O3S. The number of halogens is 1. The number of rotatable bonds is 2. The van der Waals surface area contributed by atoms with Crippen molar-refractivity contribution in [2.75, 3.05) is 13.1 Å².